The van der Waals surface area contributed by atoms with Gasteiger partial charge in [-0.2, -0.15) is 80.8 Å². The molecule has 2 heterocycles. The molecule has 1 aliphatic rings. The van der Waals surface area contributed by atoms with Crippen LogP contribution in [0.4, 0.5) is 40.3 Å². The van der Waals surface area contributed by atoms with Gasteiger partial charge in [-0.05, 0) is 83.4 Å². The van der Waals surface area contributed by atoms with Gasteiger partial charge in [0.05, 0.1) is 46.8 Å². The number of hydrogen-bond acceptors (Lipinski definition) is 20. The number of hydrogen-bond donors (Lipinski definition) is 3. The van der Waals surface area contributed by atoms with Crippen LogP contribution in [0.5, 0.6) is 0 Å². The number of benzene rings is 4. The number of nitrogens with zero attached hydrogens (tertiary/aromatic N) is 8. The normalized spacial score (nSPS) is 14.2. The van der Waals surface area contributed by atoms with Crippen LogP contribution in [0.3, 0.4) is 0 Å². The van der Waals surface area contributed by atoms with E-state index in [9.17, 15) is 42.8 Å². The third-order valence-corrected chi connectivity index (χ3v) is 13.4. The zero-order valence-corrected chi connectivity index (χ0v) is 36.7. The van der Waals surface area contributed by atoms with E-state index in [1.165, 1.54) is 18.2 Å². The molecule has 1 aromatic heterocycles. The van der Waals surface area contributed by atoms with E-state index in [0.717, 1.165) is 62.6 Å². The lowest BCUT2D eigenvalue weighted by molar-refractivity contribution is 0.395. The Labute approximate surface area is 361 Å². The first-order chi connectivity index (χ1) is 29.3. The van der Waals surface area contributed by atoms with Crippen molar-refractivity contribution in [2.45, 2.75) is 27.7 Å². The van der Waals surface area contributed by atoms with Crippen LogP contribution in [0.15, 0.2) is 115 Å². The van der Waals surface area contributed by atoms with Crippen molar-refractivity contribution in [2.24, 2.45) is 20.5 Å². The molecule has 1 aliphatic heterocycles. The maximum Gasteiger partial charge on any atom is 0.296 e. The molecular formula is C36H37N9O12S5. The molecule has 0 radical (unpaired) electrons. The van der Waals surface area contributed by atoms with Gasteiger partial charge in [0, 0.05) is 36.7 Å². The number of anilines is 3. The highest BCUT2D eigenvalue weighted by atomic mass is 32.2. The SMILES string of the molecule is COS(=O)(=O)c1cc(N=Nc2ccc(Nc3nc(Cc4ccc(N=Nc5cc(CS(=O)(=O)O)cc(CS(=O)(=O)O)c5)cc4)nc(N4CCSCC4)n3)cc2)cc(S(=O)(=O)OC)c1. The first-order valence-electron chi connectivity index (χ1n) is 17.9. The molecule has 1 saturated heterocycles. The van der Waals surface area contributed by atoms with Gasteiger partial charge in [-0.3, -0.25) is 17.5 Å². The van der Waals surface area contributed by atoms with Crippen LogP contribution in [0.2, 0.25) is 0 Å². The molecule has 1 fully saturated rings. The summed E-state index contributed by atoms with van der Waals surface area (Å²) in [6.07, 6.45) is 0.306. The fourth-order valence-corrected chi connectivity index (χ4v) is 9.38. The van der Waals surface area contributed by atoms with Crippen molar-refractivity contribution in [3.8, 4) is 0 Å². The second-order valence-electron chi connectivity index (χ2n) is 13.3. The molecule has 26 heteroatoms. The van der Waals surface area contributed by atoms with Crippen molar-refractivity contribution in [1.29, 1.82) is 0 Å². The Bertz CT molecular complexity index is 2850. The smallest absolute Gasteiger partial charge is 0.296 e. The van der Waals surface area contributed by atoms with Crippen LogP contribution < -0.4 is 10.2 Å². The fourth-order valence-electron chi connectivity index (χ4n) is 5.77. The number of azo groups is 2. The van der Waals surface area contributed by atoms with E-state index in [1.54, 1.807) is 48.5 Å². The Balaban J connectivity index is 1.19. The number of aromatic nitrogens is 3. The zero-order valence-electron chi connectivity index (χ0n) is 32.6. The summed E-state index contributed by atoms with van der Waals surface area (Å²) in [6, 6.07) is 20.5. The molecule has 62 heavy (non-hydrogen) atoms. The Hall–Kier alpha value is -5.32. The molecular weight excluding hydrogens is 911 g/mol. The molecule has 0 atom stereocenters. The standard InChI is InChI=1S/C36H37N9O12S5/c1-56-61(52,53)32-19-31(20-33(21-32)62(54,55)57-2)44-42-29-9-7-27(8-10-29)37-35-38-34(39-36(40-35)45-11-13-58-14-12-45)18-24-3-5-28(6-4-24)41-43-30-16-25(22-59(46,47)48)15-26(17-30)23-60(49,50)51/h3-10,15-17,19-21H,11-14,18,22-23H2,1-2H3,(H,46,47,48)(H,49,50,51)(H,37,38,39,40). The van der Waals surface area contributed by atoms with Crippen molar-refractivity contribution >= 4 is 92.6 Å². The van der Waals surface area contributed by atoms with Gasteiger partial charge < -0.3 is 10.2 Å². The third kappa shape index (κ3) is 13.3. The molecule has 0 amide bonds. The molecule has 0 unspecified atom stereocenters. The van der Waals surface area contributed by atoms with Gasteiger partial charge in [-0.1, -0.05) is 18.2 Å². The highest BCUT2D eigenvalue weighted by molar-refractivity contribution is 7.99. The van der Waals surface area contributed by atoms with Crippen molar-refractivity contribution in [2.75, 3.05) is 49.0 Å². The lowest BCUT2D eigenvalue weighted by Gasteiger charge is -2.26. The van der Waals surface area contributed by atoms with Gasteiger partial charge in [0.2, 0.25) is 11.9 Å². The summed E-state index contributed by atoms with van der Waals surface area (Å²) < 4.78 is 123. The fraction of sp³-hybridized carbons (Fsp3) is 0.250. The van der Waals surface area contributed by atoms with Crippen LogP contribution in [0, 0.1) is 0 Å². The summed E-state index contributed by atoms with van der Waals surface area (Å²) in [5.41, 5.74) is 2.28. The molecule has 0 aliphatic carbocycles. The maximum absolute atomic E-state index is 12.4. The van der Waals surface area contributed by atoms with Gasteiger partial charge in [0.15, 0.2) is 0 Å². The molecule has 3 N–H and O–H groups in total. The molecule has 0 spiro atoms. The lowest BCUT2D eigenvalue weighted by atomic mass is 10.1. The number of thioether (sulfide) groups is 1. The summed E-state index contributed by atoms with van der Waals surface area (Å²) in [4.78, 5) is 15.3. The van der Waals surface area contributed by atoms with Crippen molar-refractivity contribution < 1.29 is 51.1 Å². The highest BCUT2D eigenvalue weighted by Gasteiger charge is 2.22. The second kappa shape index (κ2) is 19.4. The second-order valence-corrected chi connectivity index (χ2v) is 20.8. The van der Waals surface area contributed by atoms with Crippen molar-refractivity contribution in [1.82, 2.24) is 15.0 Å². The summed E-state index contributed by atoms with van der Waals surface area (Å²) in [5, 5.41) is 19.6. The summed E-state index contributed by atoms with van der Waals surface area (Å²) in [5.74, 6) is 1.44. The van der Waals surface area contributed by atoms with Crippen LogP contribution in [-0.2, 0) is 66.8 Å². The van der Waals surface area contributed by atoms with Crippen LogP contribution in [-0.4, -0.2) is 96.5 Å². The largest absolute Gasteiger partial charge is 0.339 e. The van der Waals surface area contributed by atoms with E-state index in [0.29, 0.717) is 35.3 Å². The lowest BCUT2D eigenvalue weighted by Crippen LogP contribution is -2.34. The molecule has 21 nitrogen and oxygen atoms in total. The average molecular weight is 948 g/mol. The van der Waals surface area contributed by atoms with E-state index < -0.39 is 61.8 Å². The molecule has 328 valence electrons. The predicted molar refractivity (Wildman–Crippen MR) is 228 cm³/mol. The van der Waals surface area contributed by atoms with Crippen LogP contribution >= 0.6 is 11.8 Å². The van der Waals surface area contributed by atoms with E-state index >= 15 is 0 Å². The third-order valence-electron chi connectivity index (χ3n) is 8.56. The average Bonchev–Trinajstić information content (AvgIpc) is 3.22. The quantitative estimate of drug-likeness (QED) is 0.0544. The predicted octanol–water partition coefficient (Wildman–Crippen LogP) is 6.04. The summed E-state index contributed by atoms with van der Waals surface area (Å²) in [7, 11) is -15.6. The maximum atomic E-state index is 12.4. The molecule has 6 rings (SSSR count). The zero-order chi connectivity index (χ0) is 44.7. The van der Waals surface area contributed by atoms with Gasteiger partial charge in [-0.25, -0.2) is 0 Å². The Morgan fingerprint density at radius 1 is 0.613 bits per heavy atom. The first-order valence-corrected chi connectivity index (χ1v) is 25.1. The monoisotopic (exact) mass is 947 g/mol. The topological polar surface area (TPSA) is 299 Å². The van der Waals surface area contributed by atoms with Crippen LogP contribution in [0.25, 0.3) is 0 Å². The van der Waals surface area contributed by atoms with Gasteiger partial charge in [0.1, 0.15) is 17.3 Å². The minimum Gasteiger partial charge on any atom is -0.339 e. The molecule has 0 bridgehead atoms. The minimum absolute atomic E-state index is 0.0501. The summed E-state index contributed by atoms with van der Waals surface area (Å²) in [6.45, 7) is 1.48. The molecule has 5 aromatic rings. The Kier molecular flexibility index (Phi) is 14.4. The van der Waals surface area contributed by atoms with E-state index in [-0.39, 0.29) is 28.5 Å². The Morgan fingerprint density at radius 3 is 1.60 bits per heavy atom. The molecule has 4 aromatic carbocycles. The first kappa shape index (κ1) is 46.2. The van der Waals surface area contributed by atoms with Gasteiger partial charge >= 0.3 is 0 Å². The van der Waals surface area contributed by atoms with Crippen molar-refractivity contribution in [3.05, 3.63) is 107 Å². The summed E-state index contributed by atoms with van der Waals surface area (Å²) >= 11 is 1.83. The van der Waals surface area contributed by atoms with Gasteiger partial charge in [-0.15, -0.1) is 0 Å². The number of nitrogens with one attached hydrogen (secondary N) is 1. The highest BCUT2D eigenvalue weighted by Crippen LogP contribution is 2.29. The minimum atomic E-state index is -4.45. The van der Waals surface area contributed by atoms with Crippen LogP contribution in [0.1, 0.15) is 22.5 Å². The van der Waals surface area contributed by atoms with Gasteiger partial charge in [0.25, 0.3) is 40.5 Å². The van der Waals surface area contributed by atoms with E-state index in [4.69, 9.17) is 4.98 Å². The Morgan fingerprint density at radius 2 is 1.10 bits per heavy atom. The van der Waals surface area contributed by atoms with Crippen molar-refractivity contribution in [3.63, 3.8) is 0 Å². The van der Waals surface area contributed by atoms with E-state index in [1.807, 2.05) is 11.8 Å². The molecule has 0 saturated carbocycles. The number of rotatable bonds is 17. The van der Waals surface area contributed by atoms with E-state index in [2.05, 4.69) is 49.0 Å².